The Labute approximate surface area is 158 Å². The van der Waals surface area contributed by atoms with Gasteiger partial charge in [0.25, 0.3) is 10.0 Å². The van der Waals surface area contributed by atoms with Crippen molar-refractivity contribution in [3.8, 4) is 0 Å². The molecule has 1 aromatic heterocycles. The van der Waals surface area contributed by atoms with Crippen molar-refractivity contribution in [3.05, 3.63) is 47.3 Å². The summed E-state index contributed by atoms with van der Waals surface area (Å²) in [4.78, 5) is 14.5. The van der Waals surface area contributed by atoms with Gasteiger partial charge in [-0.3, -0.25) is 9.52 Å². The number of likely N-dealkylation sites (N-methyl/N-ethyl adjacent to an activating group) is 1. The van der Waals surface area contributed by atoms with E-state index in [0.717, 1.165) is 31.5 Å². The first-order chi connectivity index (χ1) is 12.5. The fraction of sp³-hybridized carbons (Fsp3) is 0.389. The summed E-state index contributed by atoms with van der Waals surface area (Å²) < 4.78 is 27.3. The number of likely N-dealkylation sites (tertiary alicyclic amines) is 1. The minimum absolute atomic E-state index is 0.120. The summed E-state index contributed by atoms with van der Waals surface area (Å²) >= 11 is 1.17. The molecule has 0 aliphatic carbocycles. The average molecular weight is 394 g/mol. The van der Waals surface area contributed by atoms with E-state index in [-0.39, 0.29) is 16.2 Å². The van der Waals surface area contributed by atoms with E-state index < -0.39 is 10.0 Å². The van der Waals surface area contributed by atoms with Crippen LogP contribution in [0.2, 0.25) is 0 Å². The molecule has 1 aliphatic rings. The summed E-state index contributed by atoms with van der Waals surface area (Å²) in [5.41, 5.74) is 1.37. The largest absolute Gasteiger partial charge is 0.338 e. The van der Waals surface area contributed by atoms with Gasteiger partial charge in [-0.2, -0.15) is 0 Å². The Kier molecular flexibility index (Phi) is 5.95. The van der Waals surface area contributed by atoms with Crippen molar-refractivity contribution >= 4 is 33.0 Å². The smallest absolute Gasteiger partial charge is 0.271 e. The third-order valence-corrected chi connectivity index (χ3v) is 7.24. The SMILES string of the molecule is CNCC1CCCN1C(=O)Cc1ccc(NS(=O)(=O)c2cccs2)cc1. The number of carbonyl (C=O) groups excluding carboxylic acids is 1. The Balaban J connectivity index is 1.62. The van der Waals surface area contributed by atoms with Crippen LogP contribution < -0.4 is 10.0 Å². The van der Waals surface area contributed by atoms with Crippen molar-refractivity contribution in [2.24, 2.45) is 0 Å². The lowest BCUT2D eigenvalue weighted by molar-refractivity contribution is -0.131. The van der Waals surface area contributed by atoms with Gasteiger partial charge < -0.3 is 10.2 Å². The molecule has 1 atom stereocenters. The lowest BCUT2D eigenvalue weighted by Crippen LogP contribution is -2.41. The molecule has 1 amide bonds. The number of sulfonamides is 1. The zero-order valence-electron chi connectivity index (χ0n) is 14.6. The van der Waals surface area contributed by atoms with Gasteiger partial charge in [0, 0.05) is 24.8 Å². The van der Waals surface area contributed by atoms with Gasteiger partial charge in [0.15, 0.2) is 0 Å². The van der Waals surface area contributed by atoms with Crippen LogP contribution in [0, 0.1) is 0 Å². The summed E-state index contributed by atoms with van der Waals surface area (Å²) in [5.74, 6) is 0.120. The van der Waals surface area contributed by atoms with Crippen molar-refractivity contribution in [3.63, 3.8) is 0 Å². The van der Waals surface area contributed by atoms with Crippen LogP contribution >= 0.6 is 11.3 Å². The van der Waals surface area contributed by atoms with Crippen LogP contribution in [0.1, 0.15) is 18.4 Å². The number of hydrogen-bond donors (Lipinski definition) is 2. The maximum absolute atomic E-state index is 12.6. The van der Waals surface area contributed by atoms with Gasteiger partial charge in [0.2, 0.25) is 5.91 Å². The molecule has 1 aromatic carbocycles. The minimum atomic E-state index is -3.55. The maximum atomic E-state index is 12.6. The van der Waals surface area contributed by atoms with Crippen molar-refractivity contribution < 1.29 is 13.2 Å². The number of amides is 1. The molecule has 1 aliphatic heterocycles. The first kappa shape index (κ1) is 18.9. The lowest BCUT2D eigenvalue weighted by atomic mass is 10.1. The van der Waals surface area contributed by atoms with E-state index in [1.54, 1.807) is 41.8 Å². The Bertz CT molecular complexity index is 833. The number of rotatable bonds is 7. The topological polar surface area (TPSA) is 78.5 Å². The predicted molar refractivity (Wildman–Crippen MR) is 104 cm³/mol. The molecule has 0 bridgehead atoms. The molecule has 26 heavy (non-hydrogen) atoms. The van der Waals surface area contributed by atoms with Crippen LogP contribution in [0.15, 0.2) is 46.0 Å². The molecule has 0 saturated carbocycles. The molecule has 3 rings (SSSR count). The number of nitrogens with one attached hydrogen (secondary N) is 2. The highest BCUT2D eigenvalue weighted by Gasteiger charge is 2.27. The molecule has 0 radical (unpaired) electrons. The van der Waals surface area contributed by atoms with E-state index >= 15 is 0 Å². The molecular weight excluding hydrogens is 370 g/mol. The molecular formula is C18H23N3O3S2. The van der Waals surface area contributed by atoms with Gasteiger partial charge in [-0.15, -0.1) is 11.3 Å². The van der Waals surface area contributed by atoms with Crippen molar-refractivity contribution in [2.75, 3.05) is 24.9 Å². The molecule has 140 valence electrons. The Morgan fingerprint density at radius 3 is 2.69 bits per heavy atom. The highest BCUT2D eigenvalue weighted by molar-refractivity contribution is 7.94. The number of thiophene rings is 1. The lowest BCUT2D eigenvalue weighted by Gasteiger charge is -2.24. The molecule has 2 heterocycles. The molecule has 1 unspecified atom stereocenters. The van der Waals surface area contributed by atoms with Crippen LogP contribution in [0.4, 0.5) is 5.69 Å². The Morgan fingerprint density at radius 1 is 1.27 bits per heavy atom. The summed E-state index contributed by atoms with van der Waals surface area (Å²) in [5, 5.41) is 4.87. The highest BCUT2D eigenvalue weighted by atomic mass is 32.2. The number of carbonyl (C=O) groups is 1. The predicted octanol–water partition coefficient (Wildman–Crippen LogP) is 2.30. The fourth-order valence-electron chi connectivity index (χ4n) is 3.20. The summed E-state index contributed by atoms with van der Waals surface area (Å²) in [6, 6.07) is 10.5. The average Bonchev–Trinajstić information content (AvgIpc) is 3.28. The molecule has 6 nitrogen and oxygen atoms in total. The summed E-state index contributed by atoms with van der Waals surface area (Å²) in [7, 11) is -1.65. The number of hydrogen-bond acceptors (Lipinski definition) is 5. The van der Waals surface area contributed by atoms with E-state index in [9.17, 15) is 13.2 Å². The molecule has 8 heteroatoms. The zero-order valence-corrected chi connectivity index (χ0v) is 16.3. The molecule has 2 N–H and O–H groups in total. The molecule has 2 aromatic rings. The van der Waals surface area contributed by atoms with Crippen molar-refractivity contribution in [1.82, 2.24) is 10.2 Å². The zero-order chi connectivity index (χ0) is 18.6. The minimum Gasteiger partial charge on any atom is -0.338 e. The van der Waals surface area contributed by atoms with Crippen LogP contribution in [-0.4, -0.2) is 45.4 Å². The maximum Gasteiger partial charge on any atom is 0.271 e. The molecule has 0 spiro atoms. The Morgan fingerprint density at radius 2 is 2.04 bits per heavy atom. The second-order valence-corrected chi connectivity index (χ2v) is 9.21. The van der Waals surface area contributed by atoms with Gasteiger partial charge >= 0.3 is 0 Å². The quantitative estimate of drug-likeness (QED) is 0.757. The standard InChI is InChI=1S/C18H23N3O3S2/c1-19-13-16-4-2-10-21(16)17(22)12-14-6-8-15(9-7-14)20-26(23,24)18-5-3-11-25-18/h3,5-9,11,16,19-20H,2,4,10,12-13H2,1H3. The van der Waals surface area contributed by atoms with Gasteiger partial charge in [-0.25, -0.2) is 8.42 Å². The van der Waals surface area contributed by atoms with E-state index in [0.29, 0.717) is 12.1 Å². The molecule has 1 saturated heterocycles. The second kappa shape index (κ2) is 8.20. The van der Waals surface area contributed by atoms with Crippen LogP contribution in [-0.2, 0) is 21.2 Å². The van der Waals surface area contributed by atoms with E-state index in [1.165, 1.54) is 11.3 Å². The third kappa shape index (κ3) is 4.44. The van der Waals surface area contributed by atoms with Crippen LogP contribution in [0.3, 0.4) is 0 Å². The van der Waals surface area contributed by atoms with Gasteiger partial charge in [-0.05, 0) is 49.0 Å². The number of anilines is 1. The monoisotopic (exact) mass is 393 g/mol. The van der Waals surface area contributed by atoms with Crippen LogP contribution in [0.25, 0.3) is 0 Å². The highest BCUT2D eigenvalue weighted by Crippen LogP contribution is 2.21. The summed E-state index contributed by atoms with van der Waals surface area (Å²) in [6.45, 7) is 1.62. The molecule has 1 fully saturated rings. The first-order valence-corrected chi connectivity index (χ1v) is 11.0. The summed E-state index contributed by atoms with van der Waals surface area (Å²) in [6.07, 6.45) is 2.41. The van der Waals surface area contributed by atoms with Gasteiger partial charge in [0.05, 0.1) is 6.42 Å². The van der Waals surface area contributed by atoms with Crippen molar-refractivity contribution in [1.29, 1.82) is 0 Å². The Hall–Kier alpha value is -1.90. The van der Waals surface area contributed by atoms with E-state index in [2.05, 4.69) is 10.0 Å². The third-order valence-electron chi connectivity index (χ3n) is 4.46. The van der Waals surface area contributed by atoms with Crippen LogP contribution in [0.5, 0.6) is 0 Å². The fourth-order valence-corrected chi connectivity index (χ4v) is 5.25. The van der Waals surface area contributed by atoms with Crippen molar-refractivity contribution in [2.45, 2.75) is 29.5 Å². The van der Waals surface area contributed by atoms with Gasteiger partial charge in [0.1, 0.15) is 4.21 Å². The normalized spacial score (nSPS) is 17.4. The number of benzene rings is 1. The first-order valence-electron chi connectivity index (χ1n) is 8.59. The van der Waals surface area contributed by atoms with Gasteiger partial charge in [-0.1, -0.05) is 18.2 Å². The van der Waals surface area contributed by atoms with E-state index in [1.807, 2.05) is 11.9 Å². The number of nitrogens with zero attached hydrogens (tertiary/aromatic N) is 1. The van der Waals surface area contributed by atoms with E-state index in [4.69, 9.17) is 0 Å². The second-order valence-electron chi connectivity index (χ2n) is 6.35.